The van der Waals surface area contributed by atoms with Crippen LogP contribution in [0.1, 0.15) is 0 Å². The van der Waals surface area contributed by atoms with E-state index in [4.69, 9.17) is 27.9 Å². The van der Waals surface area contributed by atoms with Gasteiger partial charge in [0.2, 0.25) is 5.28 Å². The van der Waals surface area contributed by atoms with Crippen molar-refractivity contribution in [1.29, 1.82) is 0 Å². The van der Waals surface area contributed by atoms with Gasteiger partial charge in [0.15, 0.2) is 5.15 Å². The van der Waals surface area contributed by atoms with Gasteiger partial charge in [-0.1, -0.05) is 11.6 Å². The van der Waals surface area contributed by atoms with Crippen molar-refractivity contribution in [1.82, 2.24) is 15.0 Å². The van der Waals surface area contributed by atoms with Crippen molar-refractivity contribution < 1.29 is 4.74 Å². The van der Waals surface area contributed by atoms with Gasteiger partial charge >= 0.3 is 0 Å². The van der Waals surface area contributed by atoms with Gasteiger partial charge in [-0.15, -0.1) is 0 Å². The molecule has 2 aromatic heterocycles. The van der Waals surface area contributed by atoms with E-state index in [1.807, 2.05) is 0 Å². The van der Waals surface area contributed by atoms with Crippen molar-refractivity contribution in [3.05, 3.63) is 22.7 Å². The summed E-state index contributed by atoms with van der Waals surface area (Å²) in [6.45, 7) is 0. The summed E-state index contributed by atoms with van der Waals surface area (Å²) in [5.41, 5.74) is 1.08. The second-order valence-electron chi connectivity index (χ2n) is 2.53. The largest absolute Gasteiger partial charge is 0.495 e. The lowest BCUT2D eigenvalue weighted by Gasteiger charge is -2.01. The summed E-state index contributed by atoms with van der Waals surface area (Å²) >= 11 is 11.5. The van der Waals surface area contributed by atoms with Crippen LogP contribution in [0, 0.1) is 0 Å². The number of ether oxygens (including phenoxy) is 1. The fourth-order valence-electron chi connectivity index (χ4n) is 1.05. The molecule has 0 spiro atoms. The number of halogens is 2. The Hall–Kier alpha value is -1.13. The van der Waals surface area contributed by atoms with Gasteiger partial charge in [-0.3, -0.25) is 0 Å². The third kappa shape index (κ3) is 1.58. The standard InChI is InChI=1S/C8H5Cl2N3O/c1-14-4-2-5-6(11-3-4)7(9)13-8(10)12-5/h2-3H,1H3. The topological polar surface area (TPSA) is 47.9 Å². The van der Waals surface area contributed by atoms with Gasteiger partial charge in [0.1, 0.15) is 11.3 Å². The van der Waals surface area contributed by atoms with Crippen LogP contribution >= 0.6 is 23.2 Å². The van der Waals surface area contributed by atoms with Crippen LogP contribution in [0.3, 0.4) is 0 Å². The zero-order chi connectivity index (χ0) is 10.1. The summed E-state index contributed by atoms with van der Waals surface area (Å²) in [5, 5.41) is 0.334. The molecule has 72 valence electrons. The molecule has 0 fully saturated rings. The first-order valence-corrected chi connectivity index (χ1v) is 4.49. The molecule has 0 atom stereocenters. The Balaban J connectivity index is 2.75. The zero-order valence-corrected chi connectivity index (χ0v) is 8.67. The summed E-state index contributed by atoms with van der Waals surface area (Å²) in [6.07, 6.45) is 1.55. The van der Waals surface area contributed by atoms with E-state index in [9.17, 15) is 0 Å². The molecule has 2 heterocycles. The number of pyridine rings is 1. The molecule has 0 radical (unpaired) electrons. The molecule has 14 heavy (non-hydrogen) atoms. The lowest BCUT2D eigenvalue weighted by Crippen LogP contribution is -1.91. The fourth-order valence-corrected chi connectivity index (χ4v) is 1.49. The van der Waals surface area contributed by atoms with E-state index in [0.29, 0.717) is 16.8 Å². The normalized spacial score (nSPS) is 10.5. The van der Waals surface area contributed by atoms with E-state index >= 15 is 0 Å². The highest BCUT2D eigenvalue weighted by Gasteiger charge is 2.06. The Kier molecular flexibility index (Phi) is 2.39. The minimum absolute atomic E-state index is 0.0950. The maximum Gasteiger partial charge on any atom is 0.224 e. The first-order chi connectivity index (χ1) is 6.70. The average molecular weight is 230 g/mol. The highest BCUT2D eigenvalue weighted by atomic mass is 35.5. The molecule has 0 unspecified atom stereocenters. The summed E-state index contributed by atoms with van der Waals surface area (Å²) in [6, 6.07) is 1.70. The predicted molar refractivity (Wildman–Crippen MR) is 53.9 cm³/mol. The van der Waals surface area contributed by atoms with Gasteiger partial charge in [-0.25, -0.2) is 15.0 Å². The second kappa shape index (κ2) is 3.55. The third-order valence-electron chi connectivity index (χ3n) is 1.68. The van der Waals surface area contributed by atoms with Gasteiger partial charge < -0.3 is 4.74 Å². The molecule has 2 rings (SSSR count). The lowest BCUT2D eigenvalue weighted by atomic mass is 10.3. The van der Waals surface area contributed by atoms with E-state index in [1.165, 1.54) is 0 Å². The van der Waals surface area contributed by atoms with Crippen LogP contribution < -0.4 is 4.74 Å². The molecule has 0 saturated carbocycles. The Bertz CT molecular complexity index is 489. The molecule has 4 nitrogen and oxygen atoms in total. The van der Waals surface area contributed by atoms with E-state index in [1.54, 1.807) is 19.4 Å². The van der Waals surface area contributed by atoms with Crippen molar-refractivity contribution in [3.8, 4) is 5.75 Å². The Morgan fingerprint density at radius 1 is 1.29 bits per heavy atom. The molecule has 0 amide bonds. The van der Waals surface area contributed by atoms with Crippen molar-refractivity contribution in [3.63, 3.8) is 0 Å². The summed E-state index contributed by atoms with van der Waals surface area (Å²) in [4.78, 5) is 11.8. The van der Waals surface area contributed by atoms with E-state index in [2.05, 4.69) is 15.0 Å². The van der Waals surface area contributed by atoms with Crippen LogP contribution in [-0.2, 0) is 0 Å². The third-order valence-corrected chi connectivity index (χ3v) is 2.11. The maximum absolute atomic E-state index is 5.82. The van der Waals surface area contributed by atoms with Crippen LogP contribution in [0.5, 0.6) is 5.75 Å². The van der Waals surface area contributed by atoms with Gasteiger partial charge in [-0.05, 0) is 11.6 Å². The Morgan fingerprint density at radius 2 is 2.07 bits per heavy atom. The monoisotopic (exact) mass is 229 g/mol. The lowest BCUT2D eigenvalue weighted by molar-refractivity contribution is 0.413. The van der Waals surface area contributed by atoms with Crippen molar-refractivity contribution in [2.45, 2.75) is 0 Å². The van der Waals surface area contributed by atoms with Crippen molar-refractivity contribution >= 4 is 34.2 Å². The number of methoxy groups -OCH3 is 1. The second-order valence-corrected chi connectivity index (χ2v) is 3.22. The molecular weight excluding hydrogens is 225 g/mol. The summed E-state index contributed by atoms with van der Waals surface area (Å²) < 4.78 is 4.99. The molecule has 0 saturated heterocycles. The SMILES string of the molecule is COc1cnc2c(Cl)nc(Cl)nc2c1. The highest BCUT2D eigenvalue weighted by Crippen LogP contribution is 2.22. The van der Waals surface area contributed by atoms with Crippen LogP contribution in [0.15, 0.2) is 12.3 Å². The Morgan fingerprint density at radius 3 is 2.79 bits per heavy atom. The minimum Gasteiger partial charge on any atom is -0.495 e. The van der Waals surface area contributed by atoms with E-state index in [0.717, 1.165) is 0 Å². The van der Waals surface area contributed by atoms with Crippen LogP contribution in [0.25, 0.3) is 11.0 Å². The molecule has 2 aromatic rings. The number of fused-ring (bicyclic) bond motifs is 1. The summed E-state index contributed by atoms with van der Waals surface area (Å²) in [5.74, 6) is 0.600. The number of aromatic nitrogens is 3. The van der Waals surface area contributed by atoms with Crippen molar-refractivity contribution in [2.24, 2.45) is 0 Å². The van der Waals surface area contributed by atoms with E-state index in [-0.39, 0.29) is 10.4 Å². The van der Waals surface area contributed by atoms with Gasteiger partial charge in [0.05, 0.1) is 18.8 Å². The number of hydrogen-bond donors (Lipinski definition) is 0. The molecule has 0 N–H and O–H groups in total. The molecule has 0 bridgehead atoms. The minimum atomic E-state index is 0.0950. The number of nitrogens with zero attached hydrogens (tertiary/aromatic N) is 3. The quantitative estimate of drug-likeness (QED) is 0.557. The van der Waals surface area contributed by atoms with Gasteiger partial charge in [-0.2, -0.15) is 0 Å². The number of rotatable bonds is 1. The molecule has 0 aliphatic heterocycles. The van der Waals surface area contributed by atoms with Crippen molar-refractivity contribution in [2.75, 3.05) is 7.11 Å². The predicted octanol–water partition coefficient (Wildman–Crippen LogP) is 2.34. The van der Waals surface area contributed by atoms with Gasteiger partial charge in [0, 0.05) is 6.07 Å². The molecule has 0 aromatic carbocycles. The Labute approximate surface area is 89.9 Å². The molecule has 0 aliphatic carbocycles. The smallest absolute Gasteiger partial charge is 0.224 e. The molecular formula is C8H5Cl2N3O. The van der Waals surface area contributed by atoms with Crippen LogP contribution in [0.4, 0.5) is 0 Å². The molecule has 0 aliphatic rings. The summed E-state index contributed by atoms with van der Waals surface area (Å²) in [7, 11) is 1.55. The fraction of sp³-hybridized carbons (Fsp3) is 0.125. The number of hydrogen-bond acceptors (Lipinski definition) is 4. The average Bonchev–Trinajstić information content (AvgIpc) is 2.16. The molecule has 6 heteroatoms. The first-order valence-electron chi connectivity index (χ1n) is 3.73. The maximum atomic E-state index is 5.82. The highest BCUT2D eigenvalue weighted by molar-refractivity contribution is 6.35. The zero-order valence-electron chi connectivity index (χ0n) is 7.16. The van der Waals surface area contributed by atoms with Crippen LogP contribution in [-0.4, -0.2) is 22.1 Å². The van der Waals surface area contributed by atoms with Crippen LogP contribution in [0.2, 0.25) is 10.4 Å². The van der Waals surface area contributed by atoms with E-state index < -0.39 is 0 Å². The first kappa shape index (κ1) is 9.43. The van der Waals surface area contributed by atoms with Gasteiger partial charge in [0.25, 0.3) is 0 Å².